The Bertz CT molecular complexity index is 724. The zero-order valence-corrected chi connectivity index (χ0v) is 16.5. The fraction of sp³-hybridized carbons (Fsp3) is 0.619. The van der Waals surface area contributed by atoms with Crippen LogP contribution in [0.2, 0.25) is 0 Å². The second kappa shape index (κ2) is 6.56. The third-order valence-electron chi connectivity index (χ3n) is 6.18. The van der Waals surface area contributed by atoms with Crippen molar-refractivity contribution in [1.82, 2.24) is 0 Å². The van der Waals surface area contributed by atoms with Crippen LogP contribution in [0.1, 0.15) is 54.4 Å². The molecule has 0 aromatic heterocycles. The van der Waals surface area contributed by atoms with E-state index in [-0.39, 0.29) is 12.8 Å². The van der Waals surface area contributed by atoms with E-state index in [4.69, 9.17) is 0 Å². The summed E-state index contributed by atoms with van der Waals surface area (Å²) in [5, 5.41) is 0. The van der Waals surface area contributed by atoms with Crippen LogP contribution in [0.3, 0.4) is 0 Å². The van der Waals surface area contributed by atoms with Crippen molar-refractivity contribution >= 4 is 0 Å². The molecule has 2 rings (SSSR count). The van der Waals surface area contributed by atoms with Gasteiger partial charge in [0.2, 0.25) is 5.41 Å². The topological polar surface area (TPSA) is 0 Å². The summed E-state index contributed by atoms with van der Waals surface area (Å²) in [7, 11) is 0. The summed E-state index contributed by atoms with van der Waals surface area (Å²) >= 11 is 0. The van der Waals surface area contributed by atoms with E-state index in [1.165, 1.54) is 6.92 Å². The zero-order chi connectivity index (χ0) is 21.0. The fourth-order valence-electron chi connectivity index (χ4n) is 3.96. The third-order valence-corrected chi connectivity index (χ3v) is 6.18. The second-order valence-electron chi connectivity index (χ2n) is 8.49. The SMILES string of the molecule is CC1=CC(C(C2=CC(C)=C(C)CC2C)(C(F)(F)F)C(F)(F)F)=CCC1(C)C. The van der Waals surface area contributed by atoms with Gasteiger partial charge in [-0.3, -0.25) is 0 Å². The zero-order valence-electron chi connectivity index (χ0n) is 16.5. The van der Waals surface area contributed by atoms with Gasteiger partial charge < -0.3 is 0 Å². The summed E-state index contributed by atoms with van der Waals surface area (Å²) in [6.45, 7) is 9.98. The summed E-state index contributed by atoms with van der Waals surface area (Å²) in [5.74, 6) is -0.860. The van der Waals surface area contributed by atoms with Gasteiger partial charge in [0, 0.05) is 0 Å². The van der Waals surface area contributed by atoms with E-state index in [1.54, 1.807) is 20.8 Å². The van der Waals surface area contributed by atoms with Crippen LogP contribution in [-0.4, -0.2) is 12.4 Å². The summed E-state index contributed by atoms with van der Waals surface area (Å²) in [5.41, 5.74) is -3.96. The third kappa shape index (κ3) is 3.40. The van der Waals surface area contributed by atoms with E-state index >= 15 is 0 Å². The number of hydrogen-bond donors (Lipinski definition) is 0. The van der Waals surface area contributed by atoms with Crippen molar-refractivity contribution < 1.29 is 26.3 Å². The minimum atomic E-state index is -5.50. The van der Waals surface area contributed by atoms with Crippen LogP contribution in [-0.2, 0) is 0 Å². The Labute approximate surface area is 156 Å². The quantitative estimate of drug-likeness (QED) is 0.422. The molecule has 0 bridgehead atoms. The van der Waals surface area contributed by atoms with Gasteiger partial charge in [0.1, 0.15) is 0 Å². The molecule has 2 aliphatic carbocycles. The Morgan fingerprint density at radius 1 is 0.926 bits per heavy atom. The number of hydrogen-bond acceptors (Lipinski definition) is 0. The first-order valence-electron chi connectivity index (χ1n) is 8.97. The summed E-state index contributed by atoms with van der Waals surface area (Å²) < 4.78 is 85.9. The van der Waals surface area contributed by atoms with E-state index in [1.807, 2.05) is 13.8 Å². The predicted octanol–water partition coefficient (Wildman–Crippen LogP) is 7.70. The molecule has 0 radical (unpaired) electrons. The van der Waals surface area contributed by atoms with Crippen LogP contribution < -0.4 is 0 Å². The molecule has 0 fully saturated rings. The molecule has 0 spiro atoms. The minimum absolute atomic E-state index is 0.133. The molecule has 0 aromatic carbocycles. The molecule has 0 saturated heterocycles. The number of rotatable bonds is 2. The van der Waals surface area contributed by atoms with E-state index in [0.717, 1.165) is 23.8 Å². The monoisotopic (exact) mass is 392 g/mol. The highest BCUT2D eigenvalue weighted by molar-refractivity contribution is 5.49. The second-order valence-corrected chi connectivity index (χ2v) is 8.49. The summed E-state index contributed by atoms with van der Waals surface area (Å²) in [6.07, 6.45) is -7.35. The van der Waals surface area contributed by atoms with E-state index in [0.29, 0.717) is 11.1 Å². The molecule has 0 amide bonds. The molecule has 0 aliphatic heterocycles. The largest absolute Gasteiger partial charge is 0.410 e. The average molecular weight is 392 g/mol. The van der Waals surface area contributed by atoms with Crippen LogP contribution in [0.15, 0.2) is 46.1 Å². The van der Waals surface area contributed by atoms with E-state index in [2.05, 4.69) is 0 Å². The number of halogens is 6. The lowest BCUT2D eigenvalue weighted by Crippen LogP contribution is -2.54. The molecule has 0 N–H and O–H groups in total. The molecular formula is C21H26F6. The van der Waals surface area contributed by atoms with E-state index < -0.39 is 40.2 Å². The Balaban J connectivity index is 2.87. The van der Waals surface area contributed by atoms with Gasteiger partial charge in [-0.05, 0) is 56.1 Å². The van der Waals surface area contributed by atoms with Gasteiger partial charge in [0.05, 0.1) is 0 Å². The molecule has 1 atom stereocenters. The van der Waals surface area contributed by atoms with Crippen molar-refractivity contribution in [2.24, 2.45) is 16.7 Å². The van der Waals surface area contributed by atoms with Gasteiger partial charge in [0.15, 0.2) is 0 Å². The summed E-state index contributed by atoms with van der Waals surface area (Å²) in [6, 6.07) is 0. The first-order valence-corrected chi connectivity index (χ1v) is 8.97. The highest BCUT2D eigenvalue weighted by atomic mass is 19.4. The van der Waals surface area contributed by atoms with Crippen molar-refractivity contribution in [3.8, 4) is 0 Å². The lowest BCUT2D eigenvalue weighted by atomic mass is 9.62. The maximum Gasteiger partial charge on any atom is 0.410 e. The molecule has 0 heterocycles. The van der Waals surface area contributed by atoms with Crippen molar-refractivity contribution in [3.63, 3.8) is 0 Å². The predicted molar refractivity (Wildman–Crippen MR) is 95.0 cm³/mol. The maximum absolute atomic E-state index is 14.3. The van der Waals surface area contributed by atoms with Crippen LogP contribution in [0.25, 0.3) is 0 Å². The van der Waals surface area contributed by atoms with Crippen LogP contribution in [0.5, 0.6) is 0 Å². The fourth-order valence-corrected chi connectivity index (χ4v) is 3.96. The van der Waals surface area contributed by atoms with Gasteiger partial charge in [-0.15, -0.1) is 0 Å². The van der Waals surface area contributed by atoms with Crippen molar-refractivity contribution in [2.75, 3.05) is 0 Å². The first-order chi connectivity index (χ1) is 12.1. The standard InChI is InChI=1S/C21H26F6/c1-12-9-14(3)17(10-13(12)2)19(20(22,23)24,21(25,26)27)16-7-8-18(5,6)15(4)11-16/h7,10-11,14H,8-9H2,1-6H3. The molecule has 0 aromatic rings. The number of allylic oxidation sites excluding steroid dienone is 8. The Kier molecular flexibility index (Phi) is 5.30. The van der Waals surface area contributed by atoms with Crippen molar-refractivity contribution in [1.29, 1.82) is 0 Å². The molecule has 1 unspecified atom stereocenters. The highest BCUT2D eigenvalue weighted by Gasteiger charge is 2.74. The smallest absolute Gasteiger partial charge is 0.169 e. The molecule has 152 valence electrons. The van der Waals surface area contributed by atoms with Crippen molar-refractivity contribution in [2.45, 2.75) is 66.7 Å². The van der Waals surface area contributed by atoms with Gasteiger partial charge in [-0.1, -0.05) is 55.7 Å². The molecule has 27 heavy (non-hydrogen) atoms. The van der Waals surface area contributed by atoms with Crippen LogP contribution in [0.4, 0.5) is 26.3 Å². The Hall–Kier alpha value is -1.46. The lowest BCUT2D eigenvalue weighted by molar-refractivity contribution is -0.312. The average Bonchev–Trinajstić information content (AvgIpc) is 2.46. The lowest BCUT2D eigenvalue weighted by Gasteiger charge is -2.45. The molecule has 6 heteroatoms. The van der Waals surface area contributed by atoms with Gasteiger partial charge in [0.25, 0.3) is 0 Å². The molecular weight excluding hydrogens is 366 g/mol. The van der Waals surface area contributed by atoms with Crippen LogP contribution in [0, 0.1) is 16.7 Å². The first kappa shape index (κ1) is 21.8. The molecule has 0 saturated carbocycles. The maximum atomic E-state index is 14.3. The van der Waals surface area contributed by atoms with Gasteiger partial charge >= 0.3 is 12.4 Å². The normalized spacial score (nSPS) is 24.4. The number of alkyl halides is 6. The summed E-state index contributed by atoms with van der Waals surface area (Å²) in [4.78, 5) is 0. The molecule has 2 aliphatic rings. The molecule has 0 nitrogen and oxygen atoms in total. The Morgan fingerprint density at radius 3 is 1.89 bits per heavy atom. The minimum Gasteiger partial charge on any atom is -0.169 e. The van der Waals surface area contributed by atoms with Gasteiger partial charge in [-0.25, -0.2) is 0 Å². The van der Waals surface area contributed by atoms with Crippen LogP contribution >= 0.6 is 0 Å². The van der Waals surface area contributed by atoms with Gasteiger partial charge in [-0.2, -0.15) is 26.3 Å². The highest BCUT2D eigenvalue weighted by Crippen LogP contribution is 2.63. The van der Waals surface area contributed by atoms with E-state index in [9.17, 15) is 26.3 Å². The Morgan fingerprint density at radius 2 is 1.44 bits per heavy atom. The van der Waals surface area contributed by atoms with Crippen molar-refractivity contribution in [3.05, 3.63) is 46.1 Å².